The highest BCUT2D eigenvalue weighted by Crippen LogP contribution is 2.28. The molecule has 0 radical (unpaired) electrons. The molecule has 0 amide bonds. The number of rotatable bonds is 38. The molecule has 0 saturated carbocycles. The summed E-state index contributed by atoms with van der Waals surface area (Å²) >= 11 is 0. The predicted molar refractivity (Wildman–Crippen MR) is 221 cm³/mol. The summed E-state index contributed by atoms with van der Waals surface area (Å²) in [7, 11) is 0. The molecule has 0 aliphatic carbocycles. The fourth-order valence-electron chi connectivity index (χ4n) is 6.78. The zero-order valence-corrected chi connectivity index (χ0v) is 35.4. The first-order chi connectivity index (χ1) is 25.3. The Balaban J connectivity index is 4.21. The first-order valence-electron chi connectivity index (χ1n) is 22.5. The summed E-state index contributed by atoms with van der Waals surface area (Å²) in [6.45, 7) is 14.2. The molecule has 0 fully saturated rings. The molecule has 306 valence electrons. The lowest BCUT2D eigenvalue weighted by atomic mass is 9.86. The number of carbonyl (C=O) groups excluding carboxylic acids is 2. The van der Waals surface area contributed by atoms with E-state index in [9.17, 15) is 14.7 Å². The predicted octanol–water partition coefficient (Wildman–Crippen LogP) is 12.5. The standard InChI is InChI=1S/C46H87NO5/c1-6-9-12-15-18-26-33-42-51-44(49)36-29-22-19-24-31-38-47(40-41-48)39-32-25-23-30-37-46(4,5)45(50)52-43(34-27-20-16-13-10-7-2)35-28-21-17-14-11-8-3/h43,48H,6-17,19-25,27-42H2,1-5H3. The maximum atomic E-state index is 13.3. The highest BCUT2D eigenvalue weighted by Gasteiger charge is 2.30. The van der Waals surface area contributed by atoms with Crippen LogP contribution in [0.15, 0.2) is 0 Å². The molecule has 1 N–H and O–H groups in total. The fourth-order valence-corrected chi connectivity index (χ4v) is 6.78. The number of hydrogen-bond acceptors (Lipinski definition) is 6. The second-order valence-electron chi connectivity index (χ2n) is 16.1. The Morgan fingerprint density at radius 2 is 1.08 bits per heavy atom. The highest BCUT2D eigenvalue weighted by atomic mass is 16.5. The molecular weight excluding hydrogens is 647 g/mol. The highest BCUT2D eigenvalue weighted by molar-refractivity contribution is 5.76. The van der Waals surface area contributed by atoms with E-state index < -0.39 is 5.41 Å². The van der Waals surface area contributed by atoms with Crippen LogP contribution in [-0.2, 0) is 19.1 Å². The molecule has 0 atom stereocenters. The third-order valence-electron chi connectivity index (χ3n) is 10.4. The van der Waals surface area contributed by atoms with Gasteiger partial charge in [0.2, 0.25) is 0 Å². The zero-order chi connectivity index (χ0) is 38.4. The summed E-state index contributed by atoms with van der Waals surface area (Å²) in [6.07, 6.45) is 33.7. The van der Waals surface area contributed by atoms with Crippen LogP contribution in [0.5, 0.6) is 0 Å². The van der Waals surface area contributed by atoms with Gasteiger partial charge < -0.3 is 19.5 Å². The van der Waals surface area contributed by atoms with Gasteiger partial charge >= 0.3 is 11.9 Å². The van der Waals surface area contributed by atoms with Crippen molar-refractivity contribution in [2.75, 3.05) is 32.8 Å². The zero-order valence-electron chi connectivity index (χ0n) is 35.4. The van der Waals surface area contributed by atoms with Gasteiger partial charge in [0.1, 0.15) is 12.7 Å². The molecule has 6 nitrogen and oxygen atoms in total. The molecule has 0 heterocycles. The molecule has 0 spiro atoms. The Labute approximate surface area is 323 Å². The van der Waals surface area contributed by atoms with Gasteiger partial charge in [-0.05, 0) is 84.7 Å². The van der Waals surface area contributed by atoms with Crippen molar-refractivity contribution in [1.29, 1.82) is 0 Å². The lowest BCUT2D eigenvalue weighted by molar-refractivity contribution is -0.161. The first kappa shape index (κ1) is 50.4. The number of aliphatic hydroxyl groups excluding tert-OH is 1. The van der Waals surface area contributed by atoms with E-state index in [0.29, 0.717) is 19.4 Å². The van der Waals surface area contributed by atoms with Gasteiger partial charge in [-0.15, -0.1) is 5.92 Å². The van der Waals surface area contributed by atoms with Crippen LogP contribution in [0.4, 0.5) is 0 Å². The normalized spacial score (nSPS) is 11.6. The number of ether oxygens (including phenoxy) is 2. The van der Waals surface area contributed by atoms with E-state index in [2.05, 4.69) is 51.4 Å². The molecular formula is C46H87NO5. The van der Waals surface area contributed by atoms with E-state index in [0.717, 1.165) is 110 Å². The van der Waals surface area contributed by atoms with E-state index in [1.165, 1.54) is 89.9 Å². The largest absolute Gasteiger partial charge is 0.465 e. The van der Waals surface area contributed by atoms with Gasteiger partial charge in [0, 0.05) is 25.8 Å². The number of aliphatic hydroxyl groups is 1. The molecule has 0 aromatic rings. The molecule has 0 unspecified atom stereocenters. The second kappa shape index (κ2) is 37.7. The molecule has 0 aliphatic heterocycles. The van der Waals surface area contributed by atoms with Crippen molar-refractivity contribution in [2.24, 2.45) is 5.41 Å². The van der Waals surface area contributed by atoms with Gasteiger partial charge in [-0.2, -0.15) is 0 Å². The smallest absolute Gasteiger partial charge is 0.311 e. The van der Waals surface area contributed by atoms with Gasteiger partial charge in [-0.25, -0.2) is 0 Å². The topological polar surface area (TPSA) is 76.1 Å². The van der Waals surface area contributed by atoms with Crippen LogP contribution in [0.2, 0.25) is 0 Å². The quantitative estimate of drug-likeness (QED) is 0.0387. The van der Waals surface area contributed by atoms with E-state index in [-0.39, 0.29) is 24.6 Å². The maximum Gasteiger partial charge on any atom is 0.311 e. The van der Waals surface area contributed by atoms with Crippen LogP contribution >= 0.6 is 0 Å². The number of hydrogen-bond donors (Lipinski definition) is 1. The number of unbranched alkanes of at least 4 members (excludes halogenated alkanes) is 20. The number of carbonyl (C=O) groups is 2. The Kier molecular flexibility index (Phi) is 36.6. The monoisotopic (exact) mass is 734 g/mol. The van der Waals surface area contributed by atoms with Crippen molar-refractivity contribution in [3.8, 4) is 11.8 Å². The van der Waals surface area contributed by atoms with Crippen molar-refractivity contribution < 1.29 is 24.2 Å². The summed E-state index contributed by atoms with van der Waals surface area (Å²) in [5, 5.41) is 9.59. The van der Waals surface area contributed by atoms with Crippen molar-refractivity contribution in [3.63, 3.8) is 0 Å². The van der Waals surface area contributed by atoms with E-state index >= 15 is 0 Å². The van der Waals surface area contributed by atoms with Gasteiger partial charge in [0.15, 0.2) is 0 Å². The number of nitrogens with zero attached hydrogens (tertiary/aromatic N) is 1. The Bertz CT molecular complexity index is 847. The minimum Gasteiger partial charge on any atom is -0.465 e. The summed E-state index contributed by atoms with van der Waals surface area (Å²) in [5.41, 5.74) is -0.438. The summed E-state index contributed by atoms with van der Waals surface area (Å²) in [6, 6.07) is 0. The SMILES string of the molecule is CCCCCC#CCCOC(=O)CCCCCCCN(CCO)CCCCCCC(C)(C)C(=O)OC(CCCCCCCC)CCCCCCCC. The molecule has 0 saturated heterocycles. The fraction of sp³-hybridized carbons (Fsp3) is 0.913. The number of esters is 2. The van der Waals surface area contributed by atoms with Crippen LogP contribution in [0.3, 0.4) is 0 Å². The van der Waals surface area contributed by atoms with Gasteiger partial charge in [0.25, 0.3) is 0 Å². The average molecular weight is 734 g/mol. The van der Waals surface area contributed by atoms with Crippen molar-refractivity contribution in [2.45, 2.75) is 233 Å². The summed E-state index contributed by atoms with van der Waals surface area (Å²) in [4.78, 5) is 27.7. The molecule has 0 aromatic heterocycles. The lowest BCUT2D eigenvalue weighted by Crippen LogP contribution is -2.31. The molecule has 6 heteroatoms. The van der Waals surface area contributed by atoms with Gasteiger partial charge in [-0.3, -0.25) is 9.59 Å². The van der Waals surface area contributed by atoms with Crippen LogP contribution in [0, 0.1) is 17.3 Å². The first-order valence-corrected chi connectivity index (χ1v) is 22.5. The maximum absolute atomic E-state index is 13.3. The Morgan fingerprint density at radius 3 is 1.65 bits per heavy atom. The summed E-state index contributed by atoms with van der Waals surface area (Å²) < 4.78 is 11.5. The minimum absolute atomic E-state index is 0.00218. The van der Waals surface area contributed by atoms with Gasteiger partial charge in [-0.1, -0.05) is 142 Å². The molecule has 52 heavy (non-hydrogen) atoms. The van der Waals surface area contributed by atoms with Crippen LogP contribution in [0.25, 0.3) is 0 Å². The van der Waals surface area contributed by atoms with E-state index in [1.807, 2.05) is 0 Å². The van der Waals surface area contributed by atoms with E-state index in [1.54, 1.807) is 0 Å². The minimum atomic E-state index is -0.438. The van der Waals surface area contributed by atoms with E-state index in [4.69, 9.17) is 9.47 Å². The van der Waals surface area contributed by atoms with Crippen molar-refractivity contribution in [1.82, 2.24) is 4.90 Å². The third kappa shape index (κ3) is 33.0. The summed E-state index contributed by atoms with van der Waals surface area (Å²) in [5.74, 6) is 6.16. The van der Waals surface area contributed by atoms with Gasteiger partial charge in [0.05, 0.1) is 12.0 Å². The second-order valence-corrected chi connectivity index (χ2v) is 16.1. The third-order valence-corrected chi connectivity index (χ3v) is 10.4. The van der Waals surface area contributed by atoms with Crippen molar-refractivity contribution in [3.05, 3.63) is 0 Å². The molecule has 0 aromatic carbocycles. The molecule has 0 aliphatic rings. The average Bonchev–Trinajstić information content (AvgIpc) is 3.12. The lowest BCUT2D eigenvalue weighted by Gasteiger charge is -2.27. The Morgan fingerprint density at radius 1 is 0.596 bits per heavy atom. The Hall–Kier alpha value is -1.58. The molecule has 0 rings (SSSR count). The van der Waals surface area contributed by atoms with Crippen LogP contribution in [-0.4, -0.2) is 60.9 Å². The van der Waals surface area contributed by atoms with Crippen LogP contribution < -0.4 is 0 Å². The molecule has 0 bridgehead atoms. The van der Waals surface area contributed by atoms with Crippen molar-refractivity contribution >= 4 is 11.9 Å². The van der Waals surface area contributed by atoms with Crippen LogP contribution in [0.1, 0.15) is 227 Å².